The lowest BCUT2D eigenvalue weighted by Gasteiger charge is -2.49. The molecule has 37 heavy (non-hydrogen) atoms. The largest absolute Gasteiger partial charge is 0.498 e. The first-order valence-electron chi connectivity index (χ1n) is 12.2. The fourth-order valence-electron chi connectivity index (χ4n) is 5.37. The van der Waals surface area contributed by atoms with Gasteiger partial charge in [-0.25, -0.2) is 12.7 Å². The van der Waals surface area contributed by atoms with E-state index in [-0.39, 0.29) is 34.6 Å². The number of piperidine rings is 1. The van der Waals surface area contributed by atoms with Crippen molar-refractivity contribution in [3.05, 3.63) is 112 Å². The van der Waals surface area contributed by atoms with Crippen molar-refractivity contribution in [3.8, 4) is 0 Å². The number of sulfonamides is 1. The van der Waals surface area contributed by atoms with E-state index >= 15 is 0 Å². The minimum absolute atomic E-state index is 0.0188. The van der Waals surface area contributed by atoms with Crippen molar-refractivity contribution in [3.63, 3.8) is 0 Å². The van der Waals surface area contributed by atoms with Gasteiger partial charge in [-0.05, 0) is 45.7 Å². The molecule has 9 heteroatoms. The Bertz CT molecular complexity index is 1370. The van der Waals surface area contributed by atoms with E-state index < -0.39 is 10.0 Å². The van der Waals surface area contributed by atoms with Crippen molar-refractivity contribution in [2.45, 2.75) is 42.8 Å². The van der Waals surface area contributed by atoms with Crippen molar-refractivity contribution >= 4 is 51.9 Å². The number of benzene rings is 3. The van der Waals surface area contributed by atoms with E-state index in [0.717, 1.165) is 16.9 Å². The van der Waals surface area contributed by atoms with Crippen LogP contribution >= 0.6 is 41.9 Å². The summed E-state index contributed by atoms with van der Waals surface area (Å²) >= 11 is 8.77. The number of nitrogens with zero attached hydrogens (tertiary/aromatic N) is 2. The number of fused-ring (bicyclic) bond motifs is 1. The third-order valence-electron chi connectivity index (χ3n) is 7.06. The Balaban J connectivity index is 1.64. The summed E-state index contributed by atoms with van der Waals surface area (Å²) < 4.78 is 38.5. The van der Waals surface area contributed by atoms with Gasteiger partial charge in [0, 0.05) is 45.8 Å². The monoisotopic (exact) mass is 666 g/mol. The molecule has 1 fully saturated rings. The summed E-state index contributed by atoms with van der Waals surface area (Å²) in [6.45, 7) is 2.76. The molecule has 1 saturated heterocycles. The van der Waals surface area contributed by atoms with Crippen LogP contribution in [-0.2, 0) is 14.8 Å². The minimum atomic E-state index is -3.88. The average molecular weight is 667 g/mol. The molecular formula is C28H28ClIN2O3S2. The van der Waals surface area contributed by atoms with Crippen LogP contribution in [0.5, 0.6) is 0 Å². The summed E-state index contributed by atoms with van der Waals surface area (Å²) in [5.41, 5.74) is 3.22. The SMILES string of the molecule is CCOC1=C2CN(S(=O)(=O)c3ccccc3Cl)[C@H](c3ccccc3)C[C@@H]2N(SI)[C@H](c2ccccc2)C1. The fourth-order valence-corrected chi connectivity index (χ4v) is 9.72. The zero-order valence-corrected chi connectivity index (χ0v) is 24.9. The summed E-state index contributed by atoms with van der Waals surface area (Å²) in [6, 6.07) is 26.9. The second-order valence-electron chi connectivity index (χ2n) is 9.10. The Kier molecular flexibility index (Phi) is 8.53. The first-order valence-corrected chi connectivity index (χ1v) is 17.4. The van der Waals surface area contributed by atoms with Gasteiger partial charge in [0.25, 0.3) is 0 Å². The Morgan fingerprint density at radius 2 is 1.51 bits per heavy atom. The molecule has 0 bridgehead atoms. The third-order valence-corrected chi connectivity index (χ3v) is 11.5. The Hall–Kier alpha value is -1.56. The molecule has 0 aliphatic carbocycles. The molecule has 2 aliphatic heterocycles. The van der Waals surface area contributed by atoms with Gasteiger partial charge in [-0.2, -0.15) is 4.31 Å². The lowest BCUT2D eigenvalue weighted by Crippen LogP contribution is -2.51. The predicted molar refractivity (Wildman–Crippen MR) is 159 cm³/mol. The van der Waals surface area contributed by atoms with Gasteiger partial charge in [0.15, 0.2) is 0 Å². The van der Waals surface area contributed by atoms with E-state index in [1.54, 1.807) is 37.7 Å². The van der Waals surface area contributed by atoms with Crippen LogP contribution in [0.3, 0.4) is 0 Å². The van der Waals surface area contributed by atoms with Crippen LogP contribution < -0.4 is 0 Å². The number of ether oxygens (including phenoxy) is 1. The first kappa shape index (κ1) is 27.0. The van der Waals surface area contributed by atoms with E-state index in [4.69, 9.17) is 16.3 Å². The number of halogens is 2. The van der Waals surface area contributed by atoms with Crippen molar-refractivity contribution in [2.75, 3.05) is 13.2 Å². The van der Waals surface area contributed by atoms with Crippen LogP contribution in [0.2, 0.25) is 5.02 Å². The van der Waals surface area contributed by atoms with Crippen LogP contribution in [0.15, 0.2) is 101 Å². The summed E-state index contributed by atoms with van der Waals surface area (Å²) in [7, 11) is -2.20. The molecule has 0 unspecified atom stereocenters. The zero-order valence-electron chi connectivity index (χ0n) is 20.3. The Morgan fingerprint density at radius 3 is 2.11 bits per heavy atom. The fraction of sp³-hybridized carbons (Fsp3) is 0.286. The molecule has 0 amide bonds. The quantitative estimate of drug-likeness (QED) is 0.192. The van der Waals surface area contributed by atoms with E-state index in [1.165, 1.54) is 5.56 Å². The summed E-state index contributed by atoms with van der Waals surface area (Å²) in [5.74, 6) is 0.897. The highest BCUT2D eigenvalue weighted by Gasteiger charge is 2.47. The number of rotatable bonds is 7. The molecule has 2 heterocycles. The van der Waals surface area contributed by atoms with E-state index in [1.807, 2.05) is 43.3 Å². The molecule has 3 aromatic carbocycles. The summed E-state index contributed by atoms with van der Waals surface area (Å²) in [5, 5.41) is 0.229. The van der Waals surface area contributed by atoms with Crippen molar-refractivity contribution < 1.29 is 13.2 Å². The van der Waals surface area contributed by atoms with Gasteiger partial charge >= 0.3 is 0 Å². The number of hydrogen-bond acceptors (Lipinski definition) is 5. The summed E-state index contributed by atoms with van der Waals surface area (Å²) in [6.07, 6.45) is 1.30. The van der Waals surface area contributed by atoms with Crippen molar-refractivity contribution in [2.24, 2.45) is 0 Å². The molecule has 0 spiro atoms. The van der Waals surface area contributed by atoms with Gasteiger partial charge in [-0.15, -0.1) is 0 Å². The lowest BCUT2D eigenvalue weighted by molar-refractivity contribution is 0.125. The number of hydrogen-bond donors (Lipinski definition) is 0. The maximum Gasteiger partial charge on any atom is 0.245 e. The molecule has 3 atom stereocenters. The molecule has 0 aromatic heterocycles. The topological polar surface area (TPSA) is 49.9 Å². The van der Waals surface area contributed by atoms with Crippen LogP contribution in [0.4, 0.5) is 0 Å². The second-order valence-corrected chi connectivity index (χ2v) is 13.1. The Morgan fingerprint density at radius 1 is 0.919 bits per heavy atom. The highest BCUT2D eigenvalue weighted by Crippen LogP contribution is 2.50. The molecule has 0 N–H and O–H groups in total. The third kappa shape index (κ3) is 5.33. The average Bonchev–Trinajstić information content (AvgIpc) is 2.93. The van der Waals surface area contributed by atoms with Gasteiger partial charge in [0.05, 0.1) is 29.5 Å². The smallest absolute Gasteiger partial charge is 0.245 e. The Labute approximate surface area is 240 Å². The van der Waals surface area contributed by atoms with E-state index in [9.17, 15) is 8.42 Å². The zero-order chi connectivity index (χ0) is 26.0. The molecule has 5 nitrogen and oxygen atoms in total. The molecular weight excluding hydrogens is 639 g/mol. The van der Waals surface area contributed by atoms with Crippen LogP contribution in [0.1, 0.15) is 43.0 Å². The van der Waals surface area contributed by atoms with Crippen molar-refractivity contribution in [1.29, 1.82) is 0 Å². The molecule has 3 aromatic rings. The molecule has 0 saturated carbocycles. The van der Waals surface area contributed by atoms with Crippen molar-refractivity contribution in [1.82, 2.24) is 8.61 Å². The van der Waals surface area contributed by atoms with E-state index in [0.29, 0.717) is 19.4 Å². The highest BCUT2D eigenvalue weighted by atomic mass is 127. The van der Waals surface area contributed by atoms with Crippen LogP contribution in [0.25, 0.3) is 0 Å². The predicted octanol–water partition coefficient (Wildman–Crippen LogP) is 7.58. The highest BCUT2D eigenvalue weighted by molar-refractivity contribution is 14.2. The maximum absolute atomic E-state index is 14.1. The first-order chi connectivity index (χ1) is 18.0. The maximum atomic E-state index is 14.1. The minimum Gasteiger partial charge on any atom is -0.498 e. The second kappa shape index (κ2) is 11.7. The normalized spacial score (nSPS) is 23.1. The van der Waals surface area contributed by atoms with Gasteiger partial charge in [0.2, 0.25) is 10.0 Å². The van der Waals surface area contributed by atoms with Gasteiger partial charge in [-0.3, -0.25) is 0 Å². The van der Waals surface area contributed by atoms with Gasteiger partial charge in [-0.1, -0.05) is 84.4 Å². The van der Waals surface area contributed by atoms with Gasteiger partial charge in [0.1, 0.15) is 4.90 Å². The van der Waals surface area contributed by atoms with Crippen LogP contribution in [0, 0.1) is 0 Å². The lowest BCUT2D eigenvalue weighted by atomic mass is 9.84. The molecule has 0 radical (unpaired) electrons. The molecule has 194 valence electrons. The van der Waals surface area contributed by atoms with Gasteiger partial charge < -0.3 is 4.74 Å². The standard InChI is InChI=1S/C28H28ClIN2O3S2/c1-2-35-27-18-25(21-13-7-4-8-14-21)32(36-30)26-17-24(20-11-5-3-6-12-20)31(19-22(26)27)37(33,34)28-16-10-9-15-23(28)29/h3-16,24-26H,2,17-19H2,1H3/t24-,25-,26-/m0/s1. The van der Waals surface area contributed by atoms with Crippen LogP contribution in [-0.4, -0.2) is 36.2 Å². The van der Waals surface area contributed by atoms with E-state index in [2.05, 4.69) is 49.8 Å². The summed E-state index contributed by atoms with van der Waals surface area (Å²) in [4.78, 5) is 0.132. The molecule has 2 aliphatic rings. The molecule has 5 rings (SSSR count).